The Labute approximate surface area is 201 Å². The van der Waals surface area contributed by atoms with Crippen LogP contribution in [0.25, 0.3) is 10.8 Å². The second-order valence-corrected chi connectivity index (χ2v) is 9.11. The van der Waals surface area contributed by atoms with E-state index in [0.717, 1.165) is 47.3 Å². The summed E-state index contributed by atoms with van der Waals surface area (Å²) in [5.41, 5.74) is 5.48. The monoisotopic (exact) mass is 443 g/mol. The fourth-order valence-electron chi connectivity index (χ4n) is 3.89. The summed E-state index contributed by atoms with van der Waals surface area (Å²) in [6, 6.07) is 8.75. The largest absolute Gasteiger partial charge is 0.308 e. The maximum atomic E-state index is 5.12. The Kier molecular flexibility index (Phi) is 11.0. The number of nitrogens with zero attached hydrogens (tertiary/aromatic N) is 2. The Balaban J connectivity index is 2.39. The van der Waals surface area contributed by atoms with E-state index in [4.69, 9.17) is 4.99 Å². The van der Waals surface area contributed by atoms with Crippen molar-refractivity contribution < 1.29 is 0 Å². The molecule has 0 amide bonds. The van der Waals surface area contributed by atoms with Gasteiger partial charge in [0.1, 0.15) is 0 Å². The van der Waals surface area contributed by atoms with Crippen molar-refractivity contribution in [2.45, 2.75) is 66.8 Å². The molecular formula is C30H41N3. The fourth-order valence-corrected chi connectivity index (χ4v) is 3.89. The van der Waals surface area contributed by atoms with Crippen molar-refractivity contribution in [2.75, 3.05) is 6.54 Å². The molecule has 1 N–H and O–H groups in total. The summed E-state index contributed by atoms with van der Waals surface area (Å²) in [5, 5.41) is 6.10. The van der Waals surface area contributed by atoms with Gasteiger partial charge >= 0.3 is 0 Å². The molecule has 1 aromatic carbocycles. The van der Waals surface area contributed by atoms with Crippen LogP contribution in [-0.4, -0.2) is 23.3 Å². The van der Waals surface area contributed by atoms with Crippen molar-refractivity contribution in [1.29, 1.82) is 0 Å². The Morgan fingerprint density at radius 3 is 2.61 bits per heavy atom. The summed E-state index contributed by atoms with van der Waals surface area (Å²) in [4.78, 5) is 9.57. The number of rotatable bonds is 12. The van der Waals surface area contributed by atoms with E-state index in [-0.39, 0.29) is 0 Å². The highest BCUT2D eigenvalue weighted by atomic mass is 14.9. The van der Waals surface area contributed by atoms with Gasteiger partial charge in [0.25, 0.3) is 0 Å². The molecule has 1 heterocycles. The molecule has 0 bridgehead atoms. The molecule has 2 atom stereocenters. The maximum absolute atomic E-state index is 5.12. The van der Waals surface area contributed by atoms with E-state index in [9.17, 15) is 0 Å². The van der Waals surface area contributed by atoms with Crippen LogP contribution < -0.4 is 5.32 Å². The standard InChI is InChI=1S/C30H41N3/c1-8-10-11-14-24(6)30(21-32-27(17-22(3)4)18-23(5)9-2)33-25(7)29-20-31-19-26-15-12-13-16-28(26)29/h8,10-16,19-20,23,27,32H,3,9,17-18,21H2,1-2,4-7H3/b10-8-,14-11-,30-24+,33-25?. The van der Waals surface area contributed by atoms with Crippen LogP contribution in [0.3, 0.4) is 0 Å². The molecule has 0 spiro atoms. The second kappa shape index (κ2) is 13.7. The molecule has 0 fully saturated rings. The van der Waals surface area contributed by atoms with Crippen LogP contribution in [0.15, 0.2) is 89.4 Å². The molecule has 3 heteroatoms. The topological polar surface area (TPSA) is 37.3 Å². The molecule has 0 saturated heterocycles. The van der Waals surface area contributed by atoms with Crippen LogP contribution in [0.1, 0.15) is 66.4 Å². The average Bonchev–Trinajstić information content (AvgIpc) is 2.80. The van der Waals surface area contributed by atoms with Gasteiger partial charge in [-0.05, 0) is 57.4 Å². The van der Waals surface area contributed by atoms with Crippen LogP contribution in [0, 0.1) is 5.92 Å². The van der Waals surface area contributed by atoms with Crippen molar-refractivity contribution in [3.05, 3.63) is 89.9 Å². The summed E-state index contributed by atoms with van der Waals surface area (Å²) in [5.74, 6) is 0.678. The summed E-state index contributed by atoms with van der Waals surface area (Å²) in [7, 11) is 0. The number of fused-ring (bicyclic) bond motifs is 1. The lowest BCUT2D eigenvalue weighted by atomic mass is 9.95. The highest BCUT2D eigenvalue weighted by Gasteiger charge is 2.14. The lowest BCUT2D eigenvalue weighted by Gasteiger charge is -2.23. The number of hydrogen-bond acceptors (Lipinski definition) is 3. The van der Waals surface area contributed by atoms with Gasteiger partial charge in [0.05, 0.1) is 5.70 Å². The molecule has 1 aromatic heterocycles. The third kappa shape index (κ3) is 8.58. The molecule has 2 aromatic rings. The third-order valence-corrected chi connectivity index (χ3v) is 6.00. The molecule has 0 aliphatic carbocycles. The molecular weight excluding hydrogens is 402 g/mol. The Hall–Kier alpha value is -2.78. The van der Waals surface area contributed by atoms with Crippen molar-refractivity contribution in [3.8, 4) is 0 Å². The van der Waals surface area contributed by atoms with Crippen LogP contribution in [0.2, 0.25) is 0 Å². The van der Waals surface area contributed by atoms with E-state index < -0.39 is 0 Å². The zero-order chi connectivity index (χ0) is 24.2. The number of pyridine rings is 1. The van der Waals surface area contributed by atoms with Gasteiger partial charge in [-0.15, -0.1) is 6.58 Å². The Morgan fingerprint density at radius 2 is 1.91 bits per heavy atom. The first-order valence-corrected chi connectivity index (χ1v) is 12.1. The Morgan fingerprint density at radius 1 is 1.15 bits per heavy atom. The molecule has 0 radical (unpaired) electrons. The van der Waals surface area contributed by atoms with Gasteiger partial charge in [-0.1, -0.05) is 74.4 Å². The van der Waals surface area contributed by atoms with Gasteiger partial charge in [-0.2, -0.15) is 0 Å². The number of hydrogen-bond donors (Lipinski definition) is 1. The number of nitrogens with one attached hydrogen (secondary N) is 1. The van der Waals surface area contributed by atoms with Gasteiger partial charge in [-0.25, -0.2) is 0 Å². The van der Waals surface area contributed by atoms with Crippen LogP contribution >= 0.6 is 0 Å². The van der Waals surface area contributed by atoms with Crippen LogP contribution in [0.4, 0.5) is 0 Å². The minimum atomic E-state index is 0.398. The van der Waals surface area contributed by atoms with E-state index in [1.54, 1.807) is 0 Å². The maximum Gasteiger partial charge on any atom is 0.0574 e. The zero-order valence-corrected chi connectivity index (χ0v) is 21.4. The van der Waals surface area contributed by atoms with Gasteiger partial charge in [0, 0.05) is 41.6 Å². The van der Waals surface area contributed by atoms with Crippen molar-refractivity contribution in [3.63, 3.8) is 0 Å². The number of aliphatic imine (C=N–C) groups is 1. The van der Waals surface area contributed by atoms with Gasteiger partial charge in [-0.3, -0.25) is 9.98 Å². The summed E-state index contributed by atoms with van der Waals surface area (Å²) in [6.45, 7) is 17.8. The van der Waals surface area contributed by atoms with E-state index in [2.05, 4.69) is 81.8 Å². The fraction of sp³-hybridized carbons (Fsp3) is 0.400. The first-order chi connectivity index (χ1) is 15.8. The SMILES string of the molecule is C=C(C)CC(CC(C)CC)NC\C(N=C(C)c1cncc2ccccc12)=C(C)/C=C\C=C/C. The molecule has 0 aliphatic rings. The van der Waals surface area contributed by atoms with Gasteiger partial charge in [0.15, 0.2) is 0 Å². The molecule has 0 aliphatic heterocycles. The summed E-state index contributed by atoms with van der Waals surface area (Å²) >= 11 is 0. The molecule has 2 unspecified atom stereocenters. The molecule has 33 heavy (non-hydrogen) atoms. The minimum Gasteiger partial charge on any atom is -0.308 e. The summed E-state index contributed by atoms with van der Waals surface area (Å²) < 4.78 is 0. The number of aromatic nitrogens is 1. The first-order valence-electron chi connectivity index (χ1n) is 12.1. The smallest absolute Gasteiger partial charge is 0.0574 e. The van der Waals surface area contributed by atoms with E-state index in [0.29, 0.717) is 12.0 Å². The van der Waals surface area contributed by atoms with Crippen LogP contribution in [0.5, 0.6) is 0 Å². The lowest BCUT2D eigenvalue weighted by molar-refractivity contribution is 0.398. The molecule has 0 saturated carbocycles. The highest BCUT2D eigenvalue weighted by Crippen LogP contribution is 2.20. The predicted octanol–water partition coefficient (Wildman–Crippen LogP) is 7.81. The molecule has 176 valence electrons. The highest BCUT2D eigenvalue weighted by molar-refractivity contribution is 6.09. The van der Waals surface area contributed by atoms with E-state index in [1.807, 2.05) is 37.5 Å². The van der Waals surface area contributed by atoms with Gasteiger partial charge in [0.2, 0.25) is 0 Å². The third-order valence-electron chi connectivity index (χ3n) is 6.00. The van der Waals surface area contributed by atoms with E-state index in [1.165, 1.54) is 17.4 Å². The number of allylic oxidation sites excluding steroid dienone is 5. The van der Waals surface area contributed by atoms with Crippen LogP contribution in [-0.2, 0) is 0 Å². The normalized spacial score (nSPS) is 15.3. The average molecular weight is 444 g/mol. The van der Waals surface area contributed by atoms with Crippen molar-refractivity contribution in [1.82, 2.24) is 10.3 Å². The lowest BCUT2D eigenvalue weighted by Crippen LogP contribution is -2.32. The Bertz CT molecular complexity index is 1030. The molecule has 3 nitrogen and oxygen atoms in total. The van der Waals surface area contributed by atoms with E-state index >= 15 is 0 Å². The van der Waals surface area contributed by atoms with Crippen molar-refractivity contribution >= 4 is 16.5 Å². The van der Waals surface area contributed by atoms with Crippen molar-refractivity contribution in [2.24, 2.45) is 10.9 Å². The first kappa shape index (κ1) is 26.5. The zero-order valence-electron chi connectivity index (χ0n) is 21.4. The van der Waals surface area contributed by atoms with Gasteiger partial charge < -0.3 is 5.32 Å². The number of benzene rings is 1. The second-order valence-electron chi connectivity index (χ2n) is 9.11. The predicted molar refractivity (Wildman–Crippen MR) is 146 cm³/mol. The minimum absolute atomic E-state index is 0.398. The summed E-state index contributed by atoms with van der Waals surface area (Å²) in [6.07, 6.45) is 15.4. The molecule has 2 rings (SSSR count). The quantitative estimate of drug-likeness (QED) is 0.206.